The summed E-state index contributed by atoms with van der Waals surface area (Å²) in [4.78, 5) is 2.80. The molecule has 1 heterocycles. The van der Waals surface area contributed by atoms with Gasteiger partial charge in [0.15, 0.2) is 0 Å². The van der Waals surface area contributed by atoms with E-state index in [-0.39, 0.29) is 0 Å². The third-order valence-corrected chi connectivity index (χ3v) is 2.19. The molecule has 0 radical (unpaired) electrons. The zero-order chi connectivity index (χ0) is 8.72. The van der Waals surface area contributed by atoms with E-state index in [1.54, 1.807) is 6.07 Å². The summed E-state index contributed by atoms with van der Waals surface area (Å²) in [5.74, 6) is -1.09. The molecule has 2 rings (SSSR count). The van der Waals surface area contributed by atoms with E-state index in [1.807, 2.05) is 22.6 Å². The first kappa shape index (κ1) is 7.97. The van der Waals surface area contributed by atoms with Crippen molar-refractivity contribution >= 4 is 33.5 Å². The Labute approximate surface area is 80.9 Å². The van der Waals surface area contributed by atoms with E-state index in [0.29, 0.717) is 10.9 Å². The predicted molar refractivity (Wildman–Crippen MR) is 50.9 cm³/mol. The molecule has 0 spiro atoms. The lowest BCUT2D eigenvalue weighted by molar-refractivity contribution is 0.591. The molecule has 0 bridgehead atoms. The first-order valence-electron chi connectivity index (χ1n) is 3.30. The van der Waals surface area contributed by atoms with Gasteiger partial charge in [0.1, 0.15) is 11.6 Å². The van der Waals surface area contributed by atoms with Gasteiger partial charge in [-0.2, -0.15) is 0 Å². The third-order valence-electron chi connectivity index (χ3n) is 1.61. The molecule has 0 saturated carbocycles. The summed E-state index contributed by atoms with van der Waals surface area (Å²) < 4.78 is 26.4. The van der Waals surface area contributed by atoms with Gasteiger partial charge in [0.25, 0.3) is 0 Å². The largest absolute Gasteiger partial charge is 0.348 e. The molecule has 0 aliphatic carbocycles. The minimum atomic E-state index is -0.548. The molecule has 0 fully saturated rings. The molecular weight excluding hydrogens is 275 g/mol. The highest BCUT2D eigenvalue weighted by atomic mass is 127. The smallest absolute Gasteiger partial charge is 0.150 e. The van der Waals surface area contributed by atoms with Gasteiger partial charge in [-0.3, -0.25) is 0 Å². The van der Waals surface area contributed by atoms with Crippen molar-refractivity contribution in [1.29, 1.82) is 0 Å². The highest BCUT2D eigenvalue weighted by Gasteiger charge is 2.05. The van der Waals surface area contributed by atoms with Crippen molar-refractivity contribution in [3.05, 3.63) is 33.5 Å². The molecular formula is C8H4F2IN. The maximum absolute atomic E-state index is 13.0. The van der Waals surface area contributed by atoms with E-state index in [4.69, 9.17) is 0 Å². The van der Waals surface area contributed by atoms with E-state index in [9.17, 15) is 8.78 Å². The topological polar surface area (TPSA) is 15.8 Å². The second-order valence-electron chi connectivity index (χ2n) is 2.47. The summed E-state index contributed by atoms with van der Waals surface area (Å²) in [5.41, 5.74) is 0.362. The Hall–Kier alpha value is -0.650. The highest BCUT2D eigenvalue weighted by Crippen LogP contribution is 2.20. The molecule has 4 heteroatoms. The number of H-pyrrole nitrogens is 1. The lowest BCUT2D eigenvalue weighted by Gasteiger charge is -1.91. The van der Waals surface area contributed by atoms with Crippen LogP contribution in [0.4, 0.5) is 8.78 Å². The molecule has 0 amide bonds. The molecule has 1 N–H and O–H groups in total. The van der Waals surface area contributed by atoms with E-state index >= 15 is 0 Å². The van der Waals surface area contributed by atoms with Crippen LogP contribution in [0.1, 0.15) is 0 Å². The van der Waals surface area contributed by atoms with Crippen LogP contribution < -0.4 is 0 Å². The fraction of sp³-hybridized carbons (Fsp3) is 0. The van der Waals surface area contributed by atoms with Crippen molar-refractivity contribution in [2.75, 3.05) is 0 Å². The average molecular weight is 279 g/mol. The van der Waals surface area contributed by atoms with E-state index < -0.39 is 11.6 Å². The van der Waals surface area contributed by atoms with Gasteiger partial charge < -0.3 is 4.98 Å². The molecule has 0 atom stereocenters. The van der Waals surface area contributed by atoms with Crippen molar-refractivity contribution in [3.63, 3.8) is 0 Å². The number of nitrogens with one attached hydrogen (secondary N) is 1. The van der Waals surface area contributed by atoms with E-state index in [0.717, 1.165) is 9.77 Å². The van der Waals surface area contributed by atoms with Crippen molar-refractivity contribution in [1.82, 2.24) is 4.98 Å². The fourth-order valence-corrected chi connectivity index (χ4v) is 1.74. The number of benzene rings is 1. The number of aromatic nitrogens is 1. The SMILES string of the molecule is Fc1cc(F)c2[nH]c(I)cc2c1. The molecule has 12 heavy (non-hydrogen) atoms. The van der Waals surface area contributed by atoms with Crippen molar-refractivity contribution < 1.29 is 8.78 Å². The van der Waals surface area contributed by atoms with E-state index in [2.05, 4.69) is 4.98 Å². The van der Waals surface area contributed by atoms with Crippen LogP contribution in [0.2, 0.25) is 0 Å². The number of rotatable bonds is 0. The minimum Gasteiger partial charge on any atom is -0.348 e. The Kier molecular flexibility index (Phi) is 1.79. The standard InChI is InChI=1S/C8H4F2IN/c9-5-1-4-2-7(11)12-8(4)6(10)3-5/h1-3,12H. The summed E-state index contributed by atoms with van der Waals surface area (Å²) in [6, 6.07) is 3.87. The van der Waals surface area contributed by atoms with Gasteiger partial charge in [0.05, 0.1) is 9.22 Å². The highest BCUT2D eigenvalue weighted by molar-refractivity contribution is 14.1. The second-order valence-corrected chi connectivity index (χ2v) is 3.63. The van der Waals surface area contributed by atoms with Crippen molar-refractivity contribution in [3.8, 4) is 0 Å². The maximum atomic E-state index is 13.0. The normalized spacial score (nSPS) is 10.9. The van der Waals surface area contributed by atoms with Crippen molar-refractivity contribution in [2.24, 2.45) is 0 Å². The van der Waals surface area contributed by atoms with Crippen LogP contribution in [0, 0.1) is 15.3 Å². The predicted octanol–water partition coefficient (Wildman–Crippen LogP) is 3.05. The molecule has 0 aliphatic heterocycles. The van der Waals surface area contributed by atoms with Gasteiger partial charge in [-0.05, 0) is 34.7 Å². The lowest BCUT2D eigenvalue weighted by atomic mass is 10.2. The Bertz CT molecular complexity index is 436. The molecule has 0 unspecified atom stereocenters. The monoisotopic (exact) mass is 279 g/mol. The van der Waals surface area contributed by atoms with Crippen molar-refractivity contribution in [2.45, 2.75) is 0 Å². The molecule has 1 nitrogen and oxygen atoms in total. The van der Waals surface area contributed by atoms with Gasteiger partial charge in [-0.15, -0.1) is 0 Å². The quantitative estimate of drug-likeness (QED) is 0.713. The van der Waals surface area contributed by atoms with Gasteiger partial charge in [0, 0.05) is 11.5 Å². The Morgan fingerprint density at radius 2 is 1.92 bits per heavy atom. The van der Waals surface area contributed by atoms with Gasteiger partial charge in [-0.25, -0.2) is 8.78 Å². The molecule has 0 aliphatic rings. The summed E-state index contributed by atoms with van der Waals surface area (Å²) in [7, 11) is 0. The zero-order valence-electron chi connectivity index (χ0n) is 5.87. The molecule has 62 valence electrons. The van der Waals surface area contributed by atoms with Crippen LogP contribution in [0.25, 0.3) is 10.9 Å². The van der Waals surface area contributed by atoms with Gasteiger partial charge in [-0.1, -0.05) is 0 Å². The Morgan fingerprint density at radius 1 is 1.17 bits per heavy atom. The first-order valence-corrected chi connectivity index (χ1v) is 4.38. The number of fused-ring (bicyclic) bond motifs is 1. The molecule has 0 saturated heterocycles. The zero-order valence-corrected chi connectivity index (χ0v) is 8.02. The summed E-state index contributed by atoms with van der Waals surface area (Å²) in [6.45, 7) is 0. The molecule has 1 aromatic heterocycles. The lowest BCUT2D eigenvalue weighted by Crippen LogP contribution is -1.80. The number of aromatic amines is 1. The third kappa shape index (κ3) is 1.20. The van der Waals surface area contributed by atoms with Crippen LogP contribution in [0.5, 0.6) is 0 Å². The first-order chi connectivity index (χ1) is 5.66. The van der Waals surface area contributed by atoms with Crippen LogP contribution in [0.15, 0.2) is 18.2 Å². The second kappa shape index (κ2) is 2.69. The van der Waals surface area contributed by atoms with Crippen LogP contribution in [0.3, 0.4) is 0 Å². The van der Waals surface area contributed by atoms with Gasteiger partial charge in [0.2, 0.25) is 0 Å². The Morgan fingerprint density at radius 3 is 2.67 bits per heavy atom. The minimum absolute atomic E-state index is 0.362. The Balaban J connectivity index is 2.88. The van der Waals surface area contributed by atoms with Crippen LogP contribution in [-0.2, 0) is 0 Å². The number of hydrogen-bond donors (Lipinski definition) is 1. The number of halogens is 3. The average Bonchev–Trinajstić information content (AvgIpc) is 2.29. The summed E-state index contributed by atoms with van der Waals surface area (Å²) >= 11 is 2.02. The van der Waals surface area contributed by atoms with Gasteiger partial charge >= 0.3 is 0 Å². The maximum Gasteiger partial charge on any atom is 0.150 e. The van der Waals surface area contributed by atoms with Crippen LogP contribution in [-0.4, -0.2) is 4.98 Å². The number of hydrogen-bond acceptors (Lipinski definition) is 0. The summed E-state index contributed by atoms with van der Waals surface area (Å²) in [5, 5.41) is 0.567. The molecule has 1 aromatic carbocycles. The summed E-state index contributed by atoms with van der Waals surface area (Å²) in [6.07, 6.45) is 0. The van der Waals surface area contributed by atoms with E-state index in [1.165, 1.54) is 6.07 Å². The van der Waals surface area contributed by atoms with Crippen LogP contribution >= 0.6 is 22.6 Å². The molecule has 2 aromatic rings. The fourth-order valence-electron chi connectivity index (χ4n) is 1.13.